The maximum Gasteiger partial charge on any atom is 0.109 e. The van der Waals surface area contributed by atoms with Crippen molar-refractivity contribution in [1.82, 2.24) is 4.84 Å². The maximum atomic E-state index is 4.93. The van der Waals surface area contributed by atoms with Gasteiger partial charge in [0.25, 0.3) is 0 Å². The van der Waals surface area contributed by atoms with E-state index >= 15 is 0 Å². The van der Waals surface area contributed by atoms with E-state index in [0.717, 1.165) is 0 Å². The van der Waals surface area contributed by atoms with Crippen molar-refractivity contribution in [2.24, 2.45) is 0 Å². The average Bonchev–Trinajstić information content (AvgIpc) is 1.41. The van der Waals surface area contributed by atoms with Crippen LogP contribution in [0.15, 0.2) is 0 Å². The van der Waals surface area contributed by atoms with Gasteiger partial charge in [-0.05, 0) is 11.8 Å². The highest BCUT2D eigenvalue weighted by Crippen LogP contribution is 1.58. The first kappa shape index (κ1) is 5.21. The van der Waals surface area contributed by atoms with Crippen LogP contribution in [0, 0.1) is 0 Å². The first-order valence-corrected chi connectivity index (χ1v) is 1.62. The second-order valence-electron chi connectivity index (χ2n) is 0.567. The number of methoxy groups -OCH3 is 1. The molecular formula is C2H6ClNO. The van der Waals surface area contributed by atoms with Gasteiger partial charge in [0.05, 0.1) is 0 Å². The predicted molar refractivity (Wildman–Crippen MR) is 20.9 cm³/mol. The van der Waals surface area contributed by atoms with E-state index in [9.17, 15) is 0 Å². The van der Waals surface area contributed by atoms with Crippen LogP contribution in [0.3, 0.4) is 0 Å². The Morgan fingerprint density at radius 1 is 2.00 bits per heavy atom. The molecule has 1 N–H and O–H groups in total. The summed E-state index contributed by atoms with van der Waals surface area (Å²) in [6.45, 7) is 0.404. The zero-order valence-corrected chi connectivity index (χ0v) is 3.75. The zero-order chi connectivity index (χ0) is 4.12. The Hall–Kier alpha value is 0.210. The second kappa shape index (κ2) is 4.21. The monoisotopic (exact) mass is 95.0 g/mol. The van der Waals surface area contributed by atoms with Crippen molar-refractivity contribution in [2.75, 3.05) is 13.8 Å². The number of hydrogen-bond acceptors (Lipinski definition) is 2. The normalized spacial score (nSPS) is 8.40. The lowest BCUT2D eigenvalue weighted by Crippen LogP contribution is -2.01. The quantitative estimate of drug-likeness (QED) is 0.394. The van der Waals surface area contributed by atoms with Gasteiger partial charge in [0.15, 0.2) is 0 Å². The minimum atomic E-state index is 0.404. The van der Waals surface area contributed by atoms with Crippen LogP contribution < -0.4 is 4.84 Å². The van der Waals surface area contributed by atoms with E-state index in [1.54, 1.807) is 7.11 Å². The molecule has 0 aliphatic rings. The van der Waals surface area contributed by atoms with E-state index in [-0.39, 0.29) is 0 Å². The van der Waals surface area contributed by atoms with Crippen molar-refractivity contribution >= 4 is 11.8 Å². The second-order valence-corrected chi connectivity index (χ2v) is 0.834. The Morgan fingerprint density at radius 3 is 2.60 bits per heavy atom. The lowest BCUT2D eigenvalue weighted by Gasteiger charge is -1.85. The van der Waals surface area contributed by atoms with E-state index in [1.165, 1.54) is 0 Å². The Morgan fingerprint density at radius 2 is 2.60 bits per heavy atom. The summed E-state index contributed by atoms with van der Waals surface area (Å²) in [6.07, 6.45) is 0. The molecule has 3 heteroatoms. The van der Waals surface area contributed by atoms with Crippen LogP contribution >= 0.6 is 11.8 Å². The molecule has 0 heterocycles. The number of halogens is 1. The van der Waals surface area contributed by atoms with Gasteiger partial charge >= 0.3 is 0 Å². The Kier molecular flexibility index (Phi) is 4.39. The van der Waals surface area contributed by atoms with Gasteiger partial charge in [-0.25, -0.2) is 4.84 Å². The third-order valence-corrected chi connectivity index (χ3v) is 0.308. The highest BCUT2D eigenvalue weighted by Gasteiger charge is 1.64. The molecule has 0 bridgehead atoms. The molecule has 2 nitrogen and oxygen atoms in total. The van der Waals surface area contributed by atoms with Crippen LogP contribution in [0.5, 0.6) is 0 Å². The molecule has 32 valence electrons. The summed E-state index contributed by atoms with van der Waals surface area (Å²) in [5, 5.41) is 0. The fourth-order valence-corrected chi connectivity index (χ4v) is 0.164. The minimum absolute atomic E-state index is 0.404. The predicted octanol–water partition coefficient (Wildman–Crippen LogP) is 0.334. The fourth-order valence-electron chi connectivity index (χ4n) is 0.0546. The molecule has 0 atom stereocenters. The van der Waals surface area contributed by atoms with Gasteiger partial charge in [0.2, 0.25) is 0 Å². The van der Waals surface area contributed by atoms with Crippen LogP contribution in [0.4, 0.5) is 0 Å². The number of nitrogens with one attached hydrogen (secondary N) is 1. The molecule has 0 aliphatic heterocycles. The standard InChI is InChI=1S/C2H6ClNO/c1-5-2-4-3/h4H,2H2,1H3. The largest absolute Gasteiger partial charge is 0.368 e. The molecule has 0 aromatic carbocycles. The van der Waals surface area contributed by atoms with Crippen LogP contribution in [0.25, 0.3) is 0 Å². The number of hydrogen-bond donors (Lipinski definition) is 1. The smallest absolute Gasteiger partial charge is 0.109 e. The van der Waals surface area contributed by atoms with Gasteiger partial charge in [-0.3, -0.25) is 0 Å². The highest BCUT2D eigenvalue weighted by molar-refractivity contribution is 6.13. The third kappa shape index (κ3) is 4.21. The van der Waals surface area contributed by atoms with Gasteiger partial charge in [-0.15, -0.1) is 0 Å². The highest BCUT2D eigenvalue weighted by atomic mass is 35.5. The summed E-state index contributed by atoms with van der Waals surface area (Å²) in [4.78, 5) is 2.27. The van der Waals surface area contributed by atoms with Crippen molar-refractivity contribution < 1.29 is 4.74 Å². The molecule has 0 aromatic rings. The van der Waals surface area contributed by atoms with Gasteiger partial charge in [0, 0.05) is 7.11 Å². The maximum absolute atomic E-state index is 4.93. The zero-order valence-electron chi connectivity index (χ0n) is 2.99. The topological polar surface area (TPSA) is 21.3 Å². The summed E-state index contributed by atoms with van der Waals surface area (Å²) in [7, 11) is 1.56. The molecule has 0 aromatic heterocycles. The van der Waals surface area contributed by atoms with Gasteiger partial charge in [0.1, 0.15) is 6.73 Å². The summed E-state index contributed by atoms with van der Waals surface area (Å²) < 4.78 is 4.45. The summed E-state index contributed by atoms with van der Waals surface area (Å²) in [6, 6.07) is 0. The lowest BCUT2D eigenvalue weighted by molar-refractivity contribution is 0.195. The van der Waals surface area contributed by atoms with Crippen LogP contribution in [-0.4, -0.2) is 13.8 Å². The molecule has 0 unspecified atom stereocenters. The van der Waals surface area contributed by atoms with Crippen LogP contribution in [-0.2, 0) is 4.74 Å². The molecule has 0 aliphatic carbocycles. The molecule has 0 saturated heterocycles. The molecule has 0 fully saturated rings. The van der Waals surface area contributed by atoms with Crippen molar-refractivity contribution in [2.45, 2.75) is 0 Å². The van der Waals surface area contributed by atoms with Gasteiger partial charge < -0.3 is 4.74 Å². The first-order valence-electron chi connectivity index (χ1n) is 1.24. The van der Waals surface area contributed by atoms with Crippen LogP contribution in [0.1, 0.15) is 0 Å². The minimum Gasteiger partial charge on any atom is -0.368 e. The molecule has 0 amide bonds. The summed E-state index contributed by atoms with van der Waals surface area (Å²) in [5.41, 5.74) is 0. The number of ether oxygens (including phenoxy) is 1. The SMILES string of the molecule is COCNCl. The van der Waals surface area contributed by atoms with Crippen LogP contribution in [0.2, 0.25) is 0 Å². The van der Waals surface area contributed by atoms with Crippen molar-refractivity contribution in [1.29, 1.82) is 0 Å². The first-order chi connectivity index (χ1) is 2.41. The molecule has 0 spiro atoms. The molecule has 5 heavy (non-hydrogen) atoms. The van der Waals surface area contributed by atoms with E-state index in [0.29, 0.717) is 6.73 Å². The lowest BCUT2D eigenvalue weighted by atomic mass is 11.3. The van der Waals surface area contributed by atoms with E-state index in [4.69, 9.17) is 11.8 Å². The van der Waals surface area contributed by atoms with Gasteiger partial charge in [-0.2, -0.15) is 0 Å². The van der Waals surface area contributed by atoms with Crippen molar-refractivity contribution in [3.8, 4) is 0 Å². The molecule has 0 radical (unpaired) electrons. The van der Waals surface area contributed by atoms with Crippen molar-refractivity contribution in [3.05, 3.63) is 0 Å². The van der Waals surface area contributed by atoms with Crippen molar-refractivity contribution in [3.63, 3.8) is 0 Å². The van der Waals surface area contributed by atoms with E-state index in [2.05, 4.69) is 9.57 Å². The Balaban J connectivity index is 2.19. The summed E-state index contributed by atoms with van der Waals surface area (Å²) in [5.74, 6) is 0. The van der Waals surface area contributed by atoms with E-state index in [1.807, 2.05) is 0 Å². The molecule has 0 saturated carbocycles. The summed E-state index contributed by atoms with van der Waals surface area (Å²) >= 11 is 4.93. The van der Waals surface area contributed by atoms with Gasteiger partial charge in [-0.1, -0.05) is 0 Å². The van der Waals surface area contributed by atoms with E-state index < -0.39 is 0 Å². The number of rotatable bonds is 2. The molecular weight excluding hydrogens is 89.5 g/mol. The Bertz CT molecular complexity index is 17.1. The Labute approximate surface area is 36.2 Å². The molecule has 0 rings (SSSR count). The third-order valence-electron chi connectivity index (χ3n) is 0.199. The average molecular weight is 95.5 g/mol. The fraction of sp³-hybridized carbons (Fsp3) is 1.00.